The average Bonchev–Trinajstić information content (AvgIpc) is 3.78. The number of hydrogen-bond acceptors (Lipinski definition) is 7. The number of urea groups is 1. The Bertz CT molecular complexity index is 1440. The molecule has 0 bridgehead atoms. The molecule has 5 amide bonds. The lowest BCUT2D eigenvalue weighted by Crippen LogP contribution is -2.65. The smallest absolute Gasteiger partial charge is 0.315 e. The molecule has 54 heavy (non-hydrogen) atoms. The molecule has 4 N–H and O–H groups in total. The van der Waals surface area contributed by atoms with Crippen molar-refractivity contribution < 1.29 is 32.4 Å². The highest BCUT2D eigenvalue weighted by Gasteiger charge is 2.50. The molecule has 3 aliphatic carbocycles. The van der Waals surface area contributed by atoms with Crippen LogP contribution in [-0.2, 0) is 29.2 Å². The number of amides is 5. The quantitative estimate of drug-likeness (QED) is 0.154. The van der Waals surface area contributed by atoms with Crippen LogP contribution in [0.5, 0.6) is 0 Å². The van der Waals surface area contributed by atoms with Crippen LogP contribution in [0.1, 0.15) is 152 Å². The van der Waals surface area contributed by atoms with Crippen LogP contribution in [-0.4, -0.2) is 101 Å². The van der Waals surface area contributed by atoms with Gasteiger partial charge in [-0.3, -0.25) is 19.2 Å². The fraction of sp³-hybridized carbons (Fsp3) is 0.875. The second-order valence-corrected chi connectivity index (χ2v) is 19.9. The van der Waals surface area contributed by atoms with E-state index in [0.717, 1.165) is 51.4 Å². The molecule has 0 unspecified atom stereocenters. The summed E-state index contributed by atoms with van der Waals surface area (Å²) in [4.78, 5) is 71.0. The summed E-state index contributed by atoms with van der Waals surface area (Å²) in [5.41, 5.74) is -1.58. The van der Waals surface area contributed by atoms with Crippen molar-refractivity contribution in [2.75, 3.05) is 12.3 Å². The monoisotopic (exact) mass is 779 g/mol. The van der Waals surface area contributed by atoms with Crippen LogP contribution in [0.3, 0.4) is 0 Å². The highest BCUT2D eigenvalue weighted by molar-refractivity contribution is 7.89. The van der Waals surface area contributed by atoms with E-state index in [1.807, 2.05) is 55.4 Å². The summed E-state index contributed by atoms with van der Waals surface area (Å²) in [6.07, 6.45) is 10.9. The lowest BCUT2D eigenvalue weighted by Gasteiger charge is -2.44. The topological polar surface area (TPSA) is 174 Å². The minimum absolute atomic E-state index is 0.00245. The molecule has 0 spiro atoms. The molecule has 14 heteroatoms. The minimum atomic E-state index is -3.75. The maximum Gasteiger partial charge on any atom is 0.315 e. The molecule has 13 nitrogen and oxygen atoms in total. The standard InChI is InChI=1S/C40H70N6O7S/c1-9-16-31(33(47)36(49)41-29-17-18-29)42-35(48)32-30(26(2)3)19-24-45(32)37(50)34(39(8)20-12-10-13-21-39)43-38(51)44-40(22-14-11-15-23-40)25-54(52,53)46(27(4)5)28(6)7/h26-32,34H,9-25H2,1-8H3,(H,41,49)(H,42,48)(H2,43,44,51)/t30-,31+,32+,34-/m1/s1. The van der Waals surface area contributed by atoms with E-state index in [4.69, 9.17) is 0 Å². The summed E-state index contributed by atoms with van der Waals surface area (Å²) in [6, 6.07) is -3.91. The first-order valence-corrected chi connectivity index (χ1v) is 22.5. The number of nitrogens with zero attached hydrogens (tertiary/aromatic N) is 2. The third kappa shape index (κ3) is 10.8. The maximum atomic E-state index is 15.0. The fourth-order valence-corrected chi connectivity index (χ4v) is 12.0. The van der Waals surface area contributed by atoms with Crippen molar-refractivity contribution in [1.82, 2.24) is 30.5 Å². The van der Waals surface area contributed by atoms with E-state index in [1.165, 1.54) is 4.31 Å². The molecule has 4 aliphatic rings. The van der Waals surface area contributed by atoms with Crippen molar-refractivity contribution in [1.29, 1.82) is 0 Å². The van der Waals surface area contributed by atoms with Crippen LogP contribution < -0.4 is 21.3 Å². The molecule has 308 valence electrons. The van der Waals surface area contributed by atoms with E-state index < -0.39 is 62.7 Å². The second kappa shape index (κ2) is 18.5. The van der Waals surface area contributed by atoms with Gasteiger partial charge in [0.15, 0.2) is 0 Å². The van der Waals surface area contributed by atoms with E-state index in [0.29, 0.717) is 51.5 Å². The Morgan fingerprint density at radius 2 is 1.39 bits per heavy atom. The third-order valence-electron chi connectivity index (χ3n) is 12.4. The van der Waals surface area contributed by atoms with Crippen molar-refractivity contribution in [3.05, 3.63) is 0 Å². The van der Waals surface area contributed by atoms with Crippen LogP contribution in [0, 0.1) is 17.3 Å². The van der Waals surface area contributed by atoms with Crippen LogP contribution in [0.15, 0.2) is 0 Å². The lowest BCUT2D eigenvalue weighted by atomic mass is 9.70. The van der Waals surface area contributed by atoms with Crippen molar-refractivity contribution in [3.8, 4) is 0 Å². The van der Waals surface area contributed by atoms with Gasteiger partial charge in [0, 0.05) is 24.7 Å². The summed E-state index contributed by atoms with van der Waals surface area (Å²) in [7, 11) is -3.75. The molecule has 1 saturated heterocycles. The SMILES string of the molecule is CCC[C@H](NC(=O)[C@@H]1[C@@H](C(C)C)CCN1C(=O)[C@@H](NC(=O)NC1(CS(=O)(=O)N(C(C)C)C(C)C)CCCCC1)C1(C)CCCCC1)C(=O)C(=O)NC1CC1. The number of sulfonamides is 1. The molecule has 0 aromatic carbocycles. The second-order valence-electron chi connectivity index (χ2n) is 18.0. The first-order chi connectivity index (χ1) is 25.3. The number of nitrogens with one attached hydrogen (secondary N) is 4. The fourth-order valence-electron chi connectivity index (χ4n) is 9.51. The number of ketones is 1. The number of likely N-dealkylation sites (tertiary alicyclic amines) is 1. The van der Waals surface area contributed by atoms with Gasteiger partial charge in [-0.15, -0.1) is 0 Å². The summed E-state index contributed by atoms with van der Waals surface area (Å²) in [6.45, 7) is 15.7. The van der Waals surface area contributed by atoms with Gasteiger partial charge in [0.25, 0.3) is 5.91 Å². The zero-order valence-electron chi connectivity index (χ0n) is 34.3. The van der Waals surface area contributed by atoms with Gasteiger partial charge in [0.2, 0.25) is 27.6 Å². The van der Waals surface area contributed by atoms with E-state index >= 15 is 0 Å². The van der Waals surface area contributed by atoms with Crippen molar-refractivity contribution in [2.24, 2.45) is 17.3 Å². The van der Waals surface area contributed by atoms with Gasteiger partial charge >= 0.3 is 6.03 Å². The number of carbonyl (C=O) groups is 5. The van der Waals surface area contributed by atoms with Crippen molar-refractivity contribution in [2.45, 2.75) is 193 Å². The first-order valence-electron chi connectivity index (χ1n) is 20.9. The molecule has 4 fully saturated rings. The molecular formula is C40H70N6O7S. The lowest BCUT2D eigenvalue weighted by molar-refractivity contribution is -0.145. The molecule has 0 aromatic rings. The summed E-state index contributed by atoms with van der Waals surface area (Å²) in [5.74, 6) is -2.56. The zero-order chi connectivity index (χ0) is 40.0. The van der Waals surface area contributed by atoms with Gasteiger partial charge < -0.3 is 26.2 Å². The predicted octanol–water partition coefficient (Wildman–Crippen LogP) is 4.78. The van der Waals surface area contributed by atoms with E-state index in [1.54, 1.807) is 4.90 Å². The summed E-state index contributed by atoms with van der Waals surface area (Å²) < 4.78 is 29.3. The van der Waals surface area contributed by atoms with Gasteiger partial charge in [-0.05, 0) is 96.3 Å². The van der Waals surface area contributed by atoms with Crippen LogP contribution in [0.4, 0.5) is 4.79 Å². The molecule has 0 radical (unpaired) electrons. The zero-order valence-corrected chi connectivity index (χ0v) is 35.1. The average molecular weight is 779 g/mol. The van der Waals surface area contributed by atoms with E-state index in [9.17, 15) is 32.4 Å². The van der Waals surface area contributed by atoms with Crippen molar-refractivity contribution in [3.63, 3.8) is 0 Å². The molecular weight excluding hydrogens is 709 g/mol. The Hall–Kier alpha value is -2.74. The molecule has 1 heterocycles. The third-order valence-corrected chi connectivity index (χ3v) is 14.8. The first kappa shape index (κ1) is 44.0. The molecule has 3 saturated carbocycles. The van der Waals surface area contributed by atoms with Crippen molar-refractivity contribution >= 4 is 39.6 Å². The Kier molecular flexibility index (Phi) is 15.0. The largest absolute Gasteiger partial charge is 0.347 e. The van der Waals surface area contributed by atoms with Gasteiger partial charge in [-0.25, -0.2) is 13.2 Å². The van der Waals surface area contributed by atoms with E-state index in [-0.39, 0.29) is 41.6 Å². The van der Waals surface area contributed by atoms with Crippen LogP contribution in [0.25, 0.3) is 0 Å². The number of hydrogen-bond donors (Lipinski definition) is 4. The van der Waals surface area contributed by atoms with Crippen LogP contribution >= 0.6 is 0 Å². The Morgan fingerprint density at radius 3 is 1.91 bits per heavy atom. The molecule has 4 rings (SSSR count). The Balaban J connectivity index is 1.61. The highest BCUT2D eigenvalue weighted by atomic mass is 32.2. The number of Topliss-reactive ketones (excluding diaryl/α,β-unsaturated/α-hetero) is 1. The molecule has 1 aliphatic heterocycles. The Labute approximate surface area is 324 Å². The van der Waals surface area contributed by atoms with Gasteiger partial charge in [0.05, 0.1) is 17.3 Å². The molecule has 4 atom stereocenters. The minimum Gasteiger partial charge on any atom is -0.347 e. The van der Waals surface area contributed by atoms with E-state index in [2.05, 4.69) is 21.3 Å². The van der Waals surface area contributed by atoms with Gasteiger partial charge in [-0.1, -0.05) is 72.6 Å². The number of carbonyl (C=O) groups excluding carboxylic acids is 5. The predicted molar refractivity (Wildman–Crippen MR) is 210 cm³/mol. The number of rotatable bonds is 17. The van der Waals surface area contributed by atoms with Crippen LogP contribution in [0.2, 0.25) is 0 Å². The van der Waals surface area contributed by atoms with Gasteiger partial charge in [0.1, 0.15) is 12.1 Å². The Morgan fingerprint density at radius 1 is 0.815 bits per heavy atom. The summed E-state index contributed by atoms with van der Waals surface area (Å²) >= 11 is 0. The molecule has 0 aromatic heterocycles. The van der Waals surface area contributed by atoms with Gasteiger partial charge in [-0.2, -0.15) is 4.31 Å². The normalized spacial score (nSPS) is 24.0. The maximum absolute atomic E-state index is 15.0. The highest BCUT2D eigenvalue weighted by Crippen LogP contribution is 2.41. The summed E-state index contributed by atoms with van der Waals surface area (Å²) in [5, 5.41) is 11.8.